The third-order valence-corrected chi connectivity index (χ3v) is 3.21. The van der Waals surface area contributed by atoms with Crippen molar-refractivity contribution in [3.63, 3.8) is 0 Å². The van der Waals surface area contributed by atoms with Gasteiger partial charge in [-0.25, -0.2) is 0 Å². The molecule has 1 aliphatic carbocycles. The molecule has 0 aromatic carbocycles. The van der Waals surface area contributed by atoms with E-state index in [2.05, 4.69) is 23.3 Å². The molecule has 0 aromatic heterocycles. The second kappa shape index (κ2) is 7.34. The zero-order valence-corrected chi connectivity index (χ0v) is 10.6. The molecular formula is C13H25N3. The van der Waals surface area contributed by atoms with Crippen LogP contribution >= 0.6 is 0 Å². The molecule has 0 radical (unpaired) electrons. The highest BCUT2D eigenvalue weighted by Gasteiger charge is 2.22. The zero-order chi connectivity index (χ0) is 11.8. The minimum absolute atomic E-state index is 0.751. The maximum Gasteiger partial charge on any atom is 0.0300 e. The van der Waals surface area contributed by atoms with Gasteiger partial charge in [0.1, 0.15) is 0 Å². The molecule has 0 saturated heterocycles. The Morgan fingerprint density at radius 2 is 2.25 bits per heavy atom. The van der Waals surface area contributed by atoms with E-state index in [4.69, 9.17) is 5.73 Å². The molecule has 0 bridgehead atoms. The van der Waals surface area contributed by atoms with Gasteiger partial charge in [0, 0.05) is 25.3 Å². The van der Waals surface area contributed by atoms with Gasteiger partial charge in [-0.05, 0) is 50.6 Å². The molecule has 1 aliphatic rings. The number of nitrogens with two attached hydrogens (primary N) is 1. The summed E-state index contributed by atoms with van der Waals surface area (Å²) in [5, 5.41) is 3.21. The first kappa shape index (κ1) is 13.1. The molecule has 0 atom stereocenters. The van der Waals surface area contributed by atoms with E-state index < -0.39 is 0 Å². The van der Waals surface area contributed by atoms with Crippen LogP contribution in [0.5, 0.6) is 0 Å². The van der Waals surface area contributed by atoms with E-state index in [1.54, 1.807) is 6.20 Å². The van der Waals surface area contributed by atoms with Crippen molar-refractivity contribution in [3.05, 3.63) is 24.0 Å². The van der Waals surface area contributed by atoms with E-state index in [1.165, 1.54) is 24.8 Å². The van der Waals surface area contributed by atoms with E-state index in [9.17, 15) is 0 Å². The molecule has 1 fully saturated rings. The molecule has 3 nitrogen and oxygen atoms in total. The first-order chi connectivity index (χ1) is 7.81. The molecule has 3 heteroatoms. The van der Waals surface area contributed by atoms with Gasteiger partial charge in [0.15, 0.2) is 0 Å². The molecule has 0 heterocycles. The number of hydrogen-bond donors (Lipinski definition) is 2. The van der Waals surface area contributed by atoms with Crippen LogP contribution in [0.15, 0.2) is 24.0 Å². The average molecular weight is 223 g/mol. The molecule has 0 aliphatic heterocycles. The first-order valence-electron chi connectivity index (χ1n) is 6.31. The van der Waals surface area contributed by atoms with Crippen molar-refractivity contribution >= 4 is 0 Å². The van der Waals surface area contributed by atoms with Crippen molar-refractivity contribution in [1.82, 2.24) is 10.2 Å². The summed E-state index contributed by atoms with van der Waals surface area (Å²) in [6, 6.07) is 0.751. The predicted octanol–water partition coefficient (Wildman–Crippen LogP) is 1.83. The van der Waals surface area contributed by atoms with Gasteiger partial charge in [0.25, 0.3) is 0 Å². The van der Waals surface area contributed by atoms with Gasteiger partial charge < -0.3 is 16.0 Å². The van der Waals surface area contributed by atoms with Crippen LogP contribution in [0.4, 0.5) is 0 Å². The summed E-state index contributed by atoms with van der Waals surface area (Å²) >= 11 is 0. The van der Waals surface area contributed by atoms with Gasteiger partial charge >= 0.3 is 0 Å². The van der Waals surface area contributed by atoms with Gasteiger partial charge in [0.05, 0.1) is 0 Å². The van der Waals surface area contributed by atoms with Gasteiger partial charge in [-0.1, -0.05) is 6.92 Å². The van der Waals surface area contributed by atoms with Gasteiger partial charge in [-0.15, -0.1) is 0 Å². The summed E-state index contributed by atoms with van der Waals surface area (Å²) in [7, 11) is 2.00. The molecule has 0 aromatic rings. The lowest BCUT2D eigenvalue weighted by Crippen LogP contribution is -2.40. The highest BCUT2D eigenvalue weighted by atomic mass is 15.2. The lowest BCUT2D eigenvalue weighted by molar-refractivity contribution is 0.184. The molecule has 92 valence electrons. The van der Waals surface area contributed by atoms with Crippen LogP contribution in [-0.2, 0) is 0 Å². The van der Waals surface area contributed by atoms with E-state index in [0.717, 1.165) is 25.6 Å². The summed E-state index contributed by atoms with van der Waals surface area (Å²) in [6.07, 6.45) is 11.0. The quantitative estimate of drug-likeness (QED) is 0.647. The average Bonchev–Trinajstić information content (AvgIpc) is 2.22. The number of nitrogens with zero attached hydrogens (tertiary/aromatic N) is 1. The van der Waals surface area contributed by atoms with Crippen LogP contribution in [0.3, 0.4) is 0 Å². The summed E-state index contributed by atoms with van der Waals surface area (Å²) < 4.78 is 0. The Labute approximate surface area is 99.4 Å². The van der Waals surface area contributed by atoms with Gasteiger partial charge in [-0.2, -0.15) is 0 Å². The molecule has 0 amide bonds. The summed E-state index contributed by atoms with van der Waals surface area (Å²) in [6.45, 7) is 4.29. The fraction of sp³-hybridized carbons (Fsp3) is 0.692. The molecule has 0 spiro atoms. The highest BCUT2D eigenvalue weighted by molar-refractivity contribution is 5.17. The number of hydrogen-bond acceptors (Lipinski definition) is 3. The Morgan fingerprint density at radius 3 is 2.69 bits per heavy atom. The fourth-order valence-corrected chi connectivity index (χ4v) is 1.90. The van der Waals surface area contributed by atoms with Crippen molar-refractivity contribution in [2.75, 3.05) is 20.1 Å². The third kappa shape index (κ3) is 3.89. The molecule has 1 saturated carbocycles. The monoisotopic (exact) mass is 223 g/mol. The van der Waals surface area contributed by atoms with Crippen LogP contribution in [0.2, 0.25) is 0 Å². The second-order valence-electron chi connectivity index (χ2n) is 4.34. The van der Waals surface area contributed by atoms with Crippen molar-refractivity contribution in [3.8, 4) is 0 Å². The van der Waals surface area contributed by atoms with Gasteiger partial charge in [-0.3, -0.25) is 0 Å². The Morgan fingerprint density at radius 1 is 1.50 bits per heavy atom. The van der Waals surface area contributed by atoms with E-state index in [0.29, 0.717) is 0 Å². The maximum absolute atomic E-state index is 5.45. The van der Waals surface area contributed by atoms with Crippen LogP contribution in [0.25, 0.3) is 0 Å². The smallest absolute Gasteiger partial charge is 0.0300 e. The molecule has 1 rings (SSSR count). The van der Waals surface area contributed by atoms with Crippen LogP contribution in [0.1, 0.15) is 32.6 Å². The Kier molecular flexibility index (Phi) is 6.01. The second-order valence-corrected chi connectivity index (χ2v) is 4.34. The minimum Gasteiger partial charge on any atom is -0.405 e. The SMILES string of the molecule is CCC(=C/N(CCNC)C1CCC1)/C=C/N. The van der Waals surface area contributed by atoms with E-state index in [-0.39, 0.29) is 0 Å². The number of rotatable bonds is 7. The molecule has 3 N–H and O–H groups in total. The fourth-order valence-electron chi connectivity index (χ4n) is 1.90. The van der Waals surface area contributed by atoms with Crippen LogP contribution < -0.4 is 11.1 Å². The van der Waals surface area contributed by atoms with Crippen molar-refractivity contribution < 1.29 is 0 Å². The lowest BCUT2D eigenvalue weighted by Gasteiger charge is -2.37. The Bertz CT molecular complexity index is 242. The van der Waals surface area contributed by atoms with Crippen LogP contribution in [-0.4, -0.2) is 31.1 Å². The number of nitrogens with one attached hydrogen (secondary N) is 1. The Hall–Kier alpha value is -0.960. The minimum atomic E-state index is 0.751. The molecular weight excluding hydrogens is 198 g/mol. The maximum atomic E-state index is 5.45. The Balaban J connectivity index is 2.58. The normalized spacial score (nSPS) is 17.8. The third-order valence-electron chi connectivity index (χ3n) is 3.21. The van der Waals surface area contributed by atoms with E-state index in [1.807, 2.05) is 13.1 Å². The number of allylic oxidation sites excluding steroid dienone is 2. The zero-order valence-electron chi connectivity index (χ0n) is 10.6. The van der Waals surface area contributed by atoms with Gasteiger partial charge in [0.2, 0.25) is 0 Å². The van der Waals surface area contributed by atoms with E-state index >= 15 is 0 Å². The number of likely N-dealkylation sites (N-methyl/N-ethyl adjacent to an activating group) is 1. The topological polar surface area (TPSA) is 41.3 Å². The van der Waals surface area contributed by atoms with Crippen LogP contribution in [0, 0.1) is 0 Å². The summed E-state index contributed by atoms with van der Waals surface area (Å²) in [4.78, 5) is 2.47. The molecule has 16 heavy (non-hydrogen) atoms. The highest BCUT2D eigenvalue weighted by Crippen LogP contribution is 2.25. The first-order valence-corrected chi connectivity index (χ1v) is 6.31. The van der Waals surface area contributed by atoms with Crippen molar-refractivity contribution in [2.45, 2.75) is 38.6 Å². The lowest BCUT2D eigenvalue weighted by atomic mass is 9.91. The van der Waals surface area contributed by atoms with Crippen molar-refractivity contribution in [2.24, 2.45) is 5.73 Å². The van der Waals surface area contributed by atoms with Crippen molar-refractivity contribution in [1.29, 1.82) is 0 Å². The summed E-state index contributed by atoms with van der Waals surface area (Å²) in [5.41, 5.74) is 6.76. The largest absolute Gasteiger partial charge is 0.405 e. The summed E-state index contributed by atoms with van der Waals surface area (Å²) in [5.74, 6) is 0. The standard InChI is InChI=1S/C13H25N3/c1-3-12(7-8-14)11-16(10-9-15-2)13-5-4-6-13/h7-8,11,13,15H,3-6,9-10,14H2,1-2H3/b8-7+,12-11-. The molecule has 0 unspecified atom stereocenters. The predicted molar refractivity (Wildman–Crippen MR) is 70.0 cm³/mol.